The van der Waals surface area contributed by atoms with E-state index in [2.05, 4.69) is 9.89 Å². The van der Waals surface area contributed by atoms with Crippen LogP contribution in [0.3, 0.4) is 0 Å². The standard InChI is InChI=1S/C17H26N2O3S2/c1-10(2)5-16(20)18-17-19(13-7-11-3-4-12(13)6-11)14-8-24(21,22)9-15(14)23-17/h10-15H,3-9H2,1-2H3. The van der Waals surface area contributed by atoms with Crippen LogP contribution in [0.5, 0.6) is 0 Å². The fourth-order valence-corrected chi connectivity index (χ4v) is 9.02. The van der Waals surface area contributed by atoms with Crippen molar-refractivity contribution < 1.29 is 13.2 Å². The van der Waals surface area contributed by atoms with Crippen molar-refractivity contribution in [1.29, 1.82) is 0 Å². The van der Waals surface area contributed by atoms with Crippen molar-refractivity contribution in [1.82, 2.24) is 4.90 Å². The first-order valence-electron chi connectivity index (χ1n) is 9.09. The second kappa shape index (κ2) is 6.01. The zero-order valence-corrected chi connectivity index (χ0v) is 16.0. The zero-order chi connectivity index (χ0) is 17.1. The van der Waals surface area contributed by atoms with Crippen LogP contribution in [0.15, 0.2) is 4.99 Å². The first-order valence-corrected chi connectivity index (χ1v) is 11.8. The predicted molar refractivity (Wildman–Crippen MR) is 96.8 cm³/mol. The average Bonchev–Trinajstić information content (AvgIpc) is 3.16. The number of hydrogen-bond donors (Lipinski definition) is 0. The summed E-state index contributed by atoms with van der Waals surface area (Å²) in [5.41, 5.74) is 0. The van der Waals surface area contributed by atoms with Crippen molar-refractivity contribution >= 4 is 32.7 Å². The monoisotopic (exact) mass is 370 g/mol. The highest BCUT2D eigenvalue weighted by Crippen LogP contribution is 2.51. The Bertz CT molecular complexity index is 673. The maximum atomic E-state index is 12.2. The largest absolute Gasteiger partial charge is 0.343 e. The number of sulfone groups is 1. The van der Waals surface area contributed by atoms with Crippen LogP contribution in [0.25, 0.3) is 0 Å². The van der Waals surface area contributed by atoms with E-state index in [4.69, 9.17) is 0 Å². The number of fused-ring (bicyclic) bond motifs is 3. The van der Waals surface area contributed by atoms with E-state index < -0.39 is 9.84 Å². The van der Waals surface area contributed by atoms with E-state index in [1.165, 1.54) is 31.0 Å². The third-order valence-corrected chi connectivity index (χ3v) is 9.19. The summed E-state index contributed by atoms with van der Waals surface area (Å²) in [4.78, 5) is 18.9. The average molecular weight is 371 g/mol. The highest BCUT2D eigenvalue weighted by Gasteiger charge is 2.54. The van der Waals surface area contributed by atoms with Crippen molar-refractivity contribution in [2.75, 3.05) is 11.5 Å². The topological polar surface area (TPSA) is 66.8 Å². The molecule has 4 aliphatic rings. The SMILES string of the molecule is CC(C)CC(=O)N=C1SC2CS(=O)(=O)CC2N1C1CC2CCC1C2. The molecule has 0 aromatic carbocycles. The van der Waals surface area contributed by atoms with Crippen molar-refractivity contribution in [3.8, 4) is 0 Å². The minimum Gasteiger partial charge on any atom is -0.343 e. The Kier molecular flexibility index (Phi) is 4.23. The van der Waals surface area contributed by atoms with Crippen LogP contribution in [0.4, 0.5) is 0 Å². The number of carbonyl (C=O) groups is 1. The number of amides is 1. The van der Waals surface area contributed by atoms with Gasteiger partial charge in [0.25, 0.3) is 0 Å². The lowest BCUT2D eigenvalue weighted by Gasteiger charge is -2.36. The van der Waals surface area contributed by atoms with Crippen LogP contribution in [0.1, 0.15) is 46.0 Å². The molecule has 2 aliphatic heterocycles. The van der Waals surface area contributed by atoms with E-state index in [0.29, 0.717) is 24.3 Å². The summed E-state index contributed by atoms with van der Waals surface area (Å²) >= 11 is 1.54. The van der Waals surface area contributed by atoms with Crippen molar-refractivity contribution in [2.24, 2.45) is 22.7 Å². The minimum absolute atomic E-state index is 0.0231. The van der Waals surface area contributed by atoms with Gasteiger partial charge in [0, 0.05) is 17.7 Å². The molecule has 5 unspecified atom stereocenters. The maximum Gasteiger partial charge on any atom is 0.248 e. The van der Waals surface area contributed by atoms with Crippen LogP contribution < -0.4 is 0 Å². The van der Waals surface area contributed by atoms with Gasteiger partial charge in [-0.05, 0) is 37.0 Å². The number of thioether (sulfide) groups is 1. The summed E-state index contributed by atoms with van der Waals surface area (Å²) < 4.78 is 24.2. The van der Waals surface area contributed by atoms with Crippen LogP contribution in [0.2, 0.25) is 0 Å². The third kappa shape index (κ3) is 3.02. The van der Waals surface area contributed by atoms with Gasteiger partial charge in [-0.1, -0.05) is 32.0 Å². The normalized spacial score (nSPS) is 41.5. The van der Waals surface area contributed by atoms with Crippen LogP contribution in [-0.2, 0) is 14.6 Å². The van der Waals surface area contributed by atoms with Gasteiger partial charge in [-0.3, -0.25) is 4.79 Å². The van der Waals surface area contributed by atoms with Crippen molar-refractivity contribution in [2.45, 2.75) is 63.3 Å². The molecule has 0 spiro atoms. The van der Waals surface area contributed by atoms with E-state index in [9.17, 15) is 13.2 Å². The third-order valence-electron chi connectivity index (χ3n) is 5.97. The van der Waals surface area contributed by atoms with E-state index in [-0.39, 0.29) is 28.7 Å². The second-order valence-electron chi connectivity index (χ2n) is 8.34. The maximum absolute atomic E-state index is 12.2. The van der Waals surface area contributed by atoms with E-state index >= 15 is 0 Å². The number of rotatable bonds is 3. The molecule has 7 heteroatoms. The van der Waals surface area contributed by atoms with Gasteiger partial charge in [-0.15, -0.1) is 0 Å². The summed E-state index contributed by atoms with van der Waals surface area (Å²) in [5.74, 6) is 2.14. The van der Waals surface area contributed by atoms with E-state index in [1.54, 1.807) is 0 Å². The highest BCUT2D eigenvalue weighted by atomic mass is 32.2. The Morgan fingerprint density at radius 2 is 2.04 bits per heavy atom. The van der Waals surface area contributed by atoms with Crippen molar-refractivity contribution in [3.05, 3.63) is 0 Å². The van der Waals surface area contributed by atoms with Crippen molar-refractivity contribution in [3.63, 3.8) is 0 Å². The first-order chi connectivity index (χ1) is 11.3. The lowest BCUT2D eigenvalue weighted by molar-refractivity contribution is -0.118. The molecule has 5 nitrogen and oxygen atoms in total. The molecule has 2 heterocycles. The van der Waals surface area contributed by atoms with Crippen LogP contribution >= 0.6 is 11.8 Å². The molecule has 0 aromatic rings. The minimum atomic E-state index is -2.95. The molecule has 1 amide bonds. The molecule has 0 radical (unpaired) electrons. The summed E-state index contributed by atoms with van der Waals surface area (Å²) in [6, 6.07) is 0.417. The molecule has 24 heavy (non-hydrogen) atoms. The van der Waals surface area contributed by atoms with Gasteiger partial charge in [0.15, 0.2) is 15.0 Å². The molecular formula is C17H26N2O3S2. The van der Waals surface area contributed by atoms with Gasteiger partial charge in [0.2, 0.25) is 5.91 Å². The van der Waals surface area contributed by atoms with Gasteiger partial charge in [-0.25, -0.2) is 8.42 Å². The molecule has 2 bridgehead atoms. The van der Waals surface area contributed by atoms with Gasteiger partial charge < -0.3 is 4.90 Å². The molecule has 0 N–H and O–H groups in total. The molecule has 0 aromatic heterocycles. The quantitative estimate of drug-likeness (QED) is 0.763. The molecule has 5 atom stereocenters. The van der Waals surface area contributed by atoms with Crippen LogP contribution in [0, 0.1) is 17.8 Å². The smallest absolute Gasteiger partial charge is 0.248 e. The van der Waals surface area contributed by atoms with E-state index in [0.717, 1.165) is 17.5 Å². The van der Waals surface area contributed by atoms with Gasteiger partial charge in [0.05, 0.1) is 17.5 Å². The van der Waals surface area contributed by atoms with Gasteiger partial charge in [-0.2, -0.15) is 4.99 Å². The lowest BCUT2D eigenvalue weighted by atomic mass is 9.93. The first kappa shape index (κ1) is 16.9. The fraction of sp³-hybridized carbons (Fsp3) is 0.882. The lowest BCUT2D eigenvalue weighted by Crippen LogP contribution is -2.47. The molecular weight excluding hydrogens is 344 g/mol. The summed E-state index contributed by atoms with van der Waals surface area (Å²) in [6.07, 6.45) is 5.43. The summed E-state index contributed by atoms with van der Waals surface area (Å²) in [6.45, 7) is 4.05. The molecule has 4 fully saturated rings. The summed E-state index contributed by atoms with van der Waals surface area (Å²) in [7, 11) is -2.95. The number of aliphatic imine (C=N–C) groups is 1. The number of carbonyl (C=O) groups excluding carboxylic acids is 1. The number of nitrogens with zero attached hydrogens (tertiary/aromatic N) is 2. The molecule has 134 valence electrons. The fourth-order valence-electron chi connectivity index (χ4n) is 5.03. The molecule has 4 rings (SSSR count). The Morgan fingerprint density at radius 1 is 1.25 bits per heavy atom. The Labute approximate surface area is 148 Å². The molecule has 2 saturated heterocycles. The van der Waals surface area contributed by atoms with Gasteiger partial charge >= 0.3 is 0 Å². The molecule has 2 aliphatic carbocycles. The van der Waals surface area contributed by atoms with Crippen LogP contribution in [-0.4, -0.2) is 53.2 Å². The Hall–Kier alpha value is -0.560. The van der Waals surface area contributed by atoms with Gasteiger partial charge in [0.1, 0.15) is 0 Å². The summed E-state index contributed by atoms with van der Waals surface area (Å²) in [5, 5.41) is 0.864. The highest BCUT2D eigenvalue weighted by molar-refractivity contribution is 8.15. The number of amidine groups is 1. The number of hydrogen-bond acceptors (Lipinski definition) is 4. The van der Waals surface area contributed by atoms with E-state index in [1.807, 2.05) is 13.8 Å². The predicted octanol–water partition coefficient (Wildman–Crippen LogP) is 2.32. The second-order valence-corrected chi connectivity index (χ2v) is 11.7. The Morgan fingerprint density at radius 3 is 2.67 bits per heavy atom. The Balaban J connectivity index is 1.61. The molecule has 2 saturated carbocycles. The zero-order valence-electron chi connectivity index (χ0n) is 14.3.